The SMILES string of the molecule is Cc1cc(C)n(CCC(=O)O/N=C(\N)c2ccccc2)n1. The molecular formula is C15H18N4O2. The molecule has 2 rings (SSSR count). The number of rotatable bonds is 5. The monoisotopic (exact) mass is 286 g/mol. The number of aromatic nitrogens is 2. The molecule has 110 valence electrons. The van der Waals surface area contributed by atoms with Crippen LogP contribution in [0, 0.1) is 13.8 Å². The molecule has 21 heavy (non-hydrogen) atoms. The highest BCUT2D eigenvalue weighted by atomic mass is 16.7. The molecule has 0 amide bonds. The Hall–Kier alpha value is -2.63. The van der Waals surface area contributed by atoms with Crippen molar-refractivity contribution < 1.29 is 9.63 Å². The lowest BCUT2D eigenvalue weighted by Crippen LogP contribution is -2.16. The molecule has 0 unspecified atom stereocenters. The summed E-state index contributed by atoms with van der Waals surface area (Å²) in [5.41, 5.74) is 8.38. The zero-order valence-corrected chi connectivity index (χ0v) is 12.1. The highest BCUT2D eigenvalue weighted by Gasteiger charge is 2.07. The number of carbonyl (C=O) groups is 1. The lowest BCUT2D eigenvalue weighted by molar-refractivity contribution is -0.144. The molecule has 0 atom stereocenters. The van der Waals surface area contributed by atoms with Crippen molar-refractivity contribution in [2.24, 2.45) is 10.9 Å². The Morgan fingerprint density at radius 1 is 1.33 bits per heavy atom. The molecule has 1 aromatic carbocycles. The van der Waals surface area contributed by atoms with Crippen molar-refractivity contribution in [3.8, 4) is 0 Å². The van der Waals surface area contributed by atoms with Crippen LogP contribution in [-0.4, -0.2) is 21.6 Å². The molecular weight excluding hydrogens is 268 g/mol. The van der Waals surface area contributed by atoms with Crippen molar-refractivity contribution >= 4 is 11.8 Å². The van der Waals surface area contributed by atoms with Gasteiger partial charge in [0.25, 0.3) is 0 Å². The summed E-state index contributed by atoms with van der Waals surface area (Å²) in [5.74, 6) is -0.267. The summed E-state index contributed by atoms with van der Waals surface area (Å²) in [6, 6.07) is 11.1. The average Bonchev–Trinajstić information content (AvgIpc) is 2.81. The Bertz CT molecular complexity index is 647. The highest BCUT2D eigenvalue weighted by Crippen LogP contribution is 2.04. The van der Waals surface area contributed by atoms with Gasteiger partial charge in [0.1, 0.15) is 0 Å². The number of carbonyl (C=O) groups excluding carboxylic acids is 1. The molecule has 6 heteroatoms. The summed E-state index contributed by atoms with van der Waals surface area (Å²) in [7, 11) is 0. The Morgan fingerprint density at radius 3 is 2.67 bits per heavy atom. The first kappa shape index (κ1) is 14.8. The number of benzene rings is 1. The predicted octanol–water partition coefficient (Wildman–Crippen LogP) is 1.75. The van der Waals surface area contributed by atoms with E-state index in [9.17, 15) is 4.79 Å². The van der Waals surface area contributed by atoms with Crippen LogP contribution in [0.3, 0.4) is 0 Å². The highest BCUT2D eigenvalue weighted by molar-refractivity contribution is 5.97. The zero-order chi connectivity index (χ0) is 15.2. The van der Waals surface area contributed by atoms with E-state index in [2.05, 4.69) is 10.3 Å². The Morgan fingerprint density at radius 2 is 2.05 bits per heavy atom. The maximum absolute atomic E-state index is 11.6. The zero-order valence-electron chi connectivity index (χ0n) is 12.1. The average molecular weight is 286 g/mol. The van der Waals surface area contributed by atoms with Crippen molar-refractivity contribution in [2.45, 2.75) is 26.8 Å². The topological polar surface area (TPSA) is 82.5 Å². The van der Waals surface area contributed by atoms with Crippen molar-refractivity contribution in [1.29, 1.82) is 0 Å². The van der Waals surface area contributed by atoms with Gasteiger partial charge in [-0.1, -0.05) is 35.5 Å². The molecule has 0 aliphatic carbocycles. The summed E-state index contributed by atoms with van der Waals surface area (Å²) in [5, 5.41) is 7.92. The van der Waals surface area contributed by atoms with Gasteiger partial charge in [-0.05, 0) is 19.9 Å². The third-order valence-corrected chi connectivity index (χ3v) is 2.95. The number of oxime groups is 1. The smallest absolute Gasteiger partial charge is 0.336 e. The number of amidine groups is 1. The molecule has 1 aromatic heterocycles. The van der Waals surface area contributed by atoms with E-state index in [0.29, 0.717) is 12.1 Å². The first-order chi connectivity index (χ1) is 10.1. The first-order valence-electron chi connectivity index (χ1n) is 6.66. The Labute approximate surface area is 123 Å². The van der Waals surface area contributed by atoms with E-state index in [-0.39, 0.29) is 12.3 Å². The molecule has 0 bridgehead atoms. The fraction of sp³-hybridized carbons (Fsp3) is 0.267. The second kappa shape index (κ2) is 6.69. The fourth-order valence-electron chi connectivity index (χ4n) is 1.91. The molecule has 2 N–H and O–H groups in total. The Kier molecular flexibility index (Phi) is 4.71. The molecule has 0 aliphatic rings. The number of nitrogens with zero attached hydrogens (tertiary/aromatic N) is 3. The lowest BCUT2D eigenvalue weighted by atomic mass is 10.2. The van der Waals surface area contributed by atoms with E-state index in [1.165, 1.54) is 0 Å². The summed E-state index contributed by atoms with van der Waals surface area (Å²) in [4.78, 5) is 16.5. The molecule has 6 nitrogen and oxygen atoms in total. The second-order valence-electron chi connectivity index (χ2n) is 4.71. The van der Waals surface area contributed by atoms with E-state index in [1.807, 2.05) is 38.1 Å². The summed E-state index contributed by atoms with van der Waals surface area (Å²) >= 11 is 0. The van der Waals surface area contributed by atoms with Gasteiger partial charge in [-0.25, -0.2) is 4.79 Å². The van der Waals surface area contributed by atoms with Gasteiger partial charge >= 0.3 is 5.97 Å². The number of aryl methyl sites for hydroxylation is 3. The van der Waals surface area contributed by atoms with Gasteiger partial charge in [0, 0.05) is 11.3 Å². The van der Waals surface area contributed by atoms with Gasteiger partial charge < -0.3 is 10.6 Å². The first-order valence-corrected chi connectivity index (χ1v) is 6.66. The maximum Gasteiger partial charge on any atom is 0.336 e. The van der Waals surface area contributed by atoms with E-state index in [0.717, 1.165) is 11.4 Å². The second-order valence-corrected chi connectivity index (χ2v) is 4.71. The van der Waals surface area contributed by atoms with Crippen LogP contribution in [0.25, 0.3) is 0 Å². The van der Waals surface area contributed by atoms with Gasteiger partial charge in [-0.3, -0.25) is 4.68 Å². The van der Waals surface area contributed by atoms with Crippen LogP contribution in [0.2, 0.25) is 0 Å². The van der Waals surface area contributed by atoms with Crippen LogP contribution in [0.4, 0.5) is 0 Å². The lowest BCUT2D eigenvalue weighted by Gasteiger charge is -2.03. The summed E-state index contributed by atoms with van der Waals surface area (Å²) in [6.45, 7) is 4.31. The fourth-order valence-corrected chi connectivity index (χ4v) is 1.91. The third kappa shape index (κ3) is 4.17. The largest absolute Gasteiger partial charge is 0.380 e. The van der Waals surface area contributed by atoms with Gasteiger partial charge in [-0.15, -0.1) is 0 Å². The van der Waals surface area contributed by atoms with Gasteiger partial charge in [-0.2, -0.15) is 5.10 Å². The molecule has 2 aromatic rings. The van der Waals surface area contributed by atoms with Crippen molar-refractivity contribution in [1.82, 2.24) is 9.78 Å². The predicted molar refractivity (Wildman–Crippen MR) is 79.6 cm³/mol. The number of hydrogen-bond donors (Lipinski definition) is 1. The summed E-state index contributed by atoms with van der Waals surface area (Å²) < 4.78 is 1.76. The quantitative estimate of drug-likeness (QED) is 0.393. The normalized spacial score (nSPS) is 11.4. The summed E-state index contributed by atoms with van der Waals surface area (Å²) in [6.07, 6.45) is 0.188. The minimum Gasteiger partial charge on any atom is -0.380 e. The Balaban J connectivity index is 1.86. The van der Waals surface area contributed by atoms with Crippen LogP contribution >= 0.6 is 0 Å². The van der Waals surface area contributed by atoms with Gasteiger partial charge in [0.15, 0.2) is 5.84 Å². The van der Waals surface area contributed by atoms with Crippen molar-refractivity contribution in [2.75, 3.05) is 0 Å². The van der Waals surface area contributed by atoms with Crippen LogP contribution in [-0.2, 0) is 16.2 Å². The van der Waals surface area contributed by atoms with Crippen LogP contribution < -0.4 is 5.73 Å². The van der Waals surface area contributed by atoms with Crippen LogP contribution in [0.15, 0.2) is 41.6 Å². The molecule has 1 heterocycles. The molecule has 0 aliphatic heterocycles. The van der Waals surface area contributed by atoms with Crippen LogP contribution in [0.5, 0.6) is 0 Å². The van der Waals surface area contributed by atoms with Gasteiger partial charge in [0.2, 0.25) is 0 Å². The van der Waals surface area contributed by atoms with Gasteiger partial charge in [0.05, 0.1) is 18.7 Å². The van der Waals surface area contributed by atoms with E-state index in [1.54, 1.807) is 16.8 Å². The third-order valence-electron chi connectivity index (χ3n) is 2.95. The van der Waals surface area contributed by atoms with E-state index >= 15 is 0 Å². The molecule has 0 radical (unpaired) electrons. The molecule has 0 saturated carbocycles. The standard InChI is InChI=1S/C15H18N4O2/c1-11-10-12(2)19(17-11)9-8-14(20)21-18-15(16)13-6-4-3-5-7-13/h3-7,10H,8-9H2,1-2H3,(H2,16,18). The number of hydrogen-bond acceptors (Lipinski definition) is 4. The minimum atomic E-state index is -0.443. The minimum absolute atomic E-state index is 0.176. The molecule has 0 spiro atoms. The maximum atomic E-state index is 11.6. The number of nitrogens with two attached hydrogens (primary N) is 1. The van der Waals surface area contributed by atoms with E-state index in [4.69, 9.17) is 10.6 Å². The van der Waals surface area contributed by atoms with E-state index < -0.39 is 5.97 Å². The molecule has 0 saturated heterocycles. The van der Waals surface area contributed by atoms with Crippen molar-refractivity contribution in [3.63, 3.8) is 0 Å². The molecule has 0 fully saturated rings. The van der Waals surface area contributed by atoms with Crippen LogP contribution in [0.1, 0.15) is 23.4 Å². The van der Waals surface area contributed by atoms with Crippen molar-refractivity contribution in [3.05, 3.63) is 53.3 Å².